The number of carbonyl (C=O) groups is 1. The van der Waals surface area contributed by atoms with Gasteiger partial charge in [0.1, 0.15) is 11.2 Å². The average molecular weight is 182 g/mol. The van der Waals surface area contributed by atoms with Gasteiger partial charge in [0.05, 0.1) is 0 Å². The molecule has 2 aromatic heterocycles. The maximum Gasteiger partial charge on any atom is 0.168 e. The summed E-state index contributed by atoms with van der Waals surface area (Å²) < 4.78 is 0. The van der Waals surface area contributed by atoms with Crippen LogP contribution in [-0.4, -0.2) is 21.5 Å². The lowest BCUT2D eigenvalue weighted by atomic mass is 10.3. The number of H-pyrrole nitrogens is 1. The lowest BCUT2D eigenvalue weighted by Gasteiger charge is -1.88. The van der Waals surface area contributed by atoms with Crippen LogP contribution in [0.25, 0.3) is 10.9 Å². The topological polar surface area (TPSA) is 58.6 Å². The normalized spacial score (nSPS) is 10.4. The third-order valence-electron chi connectivity index (χ3n) is 1.58. The van der Waals surface area contributed by atoms with Crippen molar-refractivity contribution in [3.63, 3.8) is 0 Å². The fraction of sp³-hybridized carbons (Fsp3) is 0. The molecular weight excluding hydrogens is 178 g/mol. The maximum absolute atomic E-state index is 10.5. The summed E-state index contributed by atoms with van der Waals surface area (Å²) in [6.07, 6.45) is 2.23. The van der Waals surface area contributed by atoms with E-state index in [4.69, 9.17) is 11.6 Å². The van der Waals surface area contributed by atoms with E-state index in [1.807, 2.05) is 0 Å². The number of rotatable bonds is 1. The molecule has 2 aromatic rings. The second-order valence-corrected chi connectivity index (χ2v) is 2.61. The van der Waals surface area contributed by atoms with E-state index in [-0.39, 0.29) is 0 Å². The number of hydrogen-bond acceptors (Lipinski definition) is 3. The minimum atomic E-state index is 0.303. The molecule has 0 aliphatic heterocycles. The van der Waals surface area contributed by atoms with Crippen molar-refractivity contribution in [2.24, 2.45) is 0 Å². The molecule has 0 spiro atoms. The number of aromatic nitrogens is 3. The van der Waals surface area contributed by atoms with Crippen molar-refractivity contribution in [2.45, 2.75) is 0 Å². The van der Waals surface area contributed by atoms with Crippen LogP contribution in [-0.2, 0) is 0 Å². The zero-order valence-electron chi connectivity index (χ0n) is 5.91. The molecule has 0 aliphatic carbocycles. The maximum atomic E-state index is 10.5. The number of aromatic amines is 1. The highest BCUT2D eigenvalue weighted by Gasteiger charge is 2.06. The molecule has 0 amide bonds. The fourth-order valence-electron chi connectivity index (χ4n) is 1.02. The number of hydrogen-bond donors (Lipinski definition) is 1. The summed E-state index contributed by atoms with van der Waals surface area (Å²) in [4.78, 5) is 14.3. The number of nitrogens with zero attached hydrogens (tertiary/aromatic N) is 2. The first-order chi connectivity index (χ1) is 5.83. The summed E-state index contributed by atoms with van der Waals surface area (Å²) in [7, 11) is 0. The van der Waals surface area contributed by atoms with Gasteiger partial charge in [0.2, 0.25) is 0 Å². The molecule has 0 aromatic carbocycles. The van der Waals surface area contributed by atoms with Crippen LogP contribution < -0.4 is 0 Å². The molecule has 12 heavy (non-hydrogen) atoms. The van der Waals surface area contributed by atoms with Gasteiger partial charge in [0.15, 0.2) is 11.4 Å². The van der Waals surface area contributed by atoms with Crippen LogP contribution >= 0.6 is 11.6 Å². The fourth-order valence-corrected chi connectivity index (χ4v) is 1.22. The second-order valence-electron chi connectivity index (χ2n) is 2.25. The highest BCUT2D eigenvalue weighted by Crippen LogP contribution is 2.19. The third kappa shape index (κ3) is 0.887. The van der Waals surface area contributed by atoms with E-state index in [2.05, 4.69) is 15.2 Å². The molecule has 0 aliphatic rings. The molecule has 5 heteroatoms. The summed E-state index contributed by atoms with van der Waals surface area (Å²) in [5.74, 6) is 0. The van der Waals surface area contributed by atoms with E-state index in [0.717, 1.165) is 0 Å². The van der Waals surface area contributed by atoms with Crippen LogP contribution in [0.3, 0.4) is 0 Å². The van der Waals surface area contributed by atoms with E-state index in [9.17, 15) is 4.79 Å². The van der Waals surface area contributed by atoms with Crippen LogP contribution in [0, 0.1) is 0 Å². The minimum absolute atomic E-state index is 0.303. The van der Waals surface area contributed by atoms with Crippen LogP contribution in [0.1, 0.15) is 10.5 Å². The smallest absolute Gasteiger partial charge is 0.168 e. The molecule has 0 saturated carbocycles. The SMILES string of the molecule is O=Cc1[nH]nc2c(Cl)nccc12. The van der Waals surface area contributed by atoms with Gasteiger partial charge in [-0.1, -0.05) is 11.6 Å². The van der Waals surface area contributed by atoms with Crippen LogP contribution in [0.2, 0.25) is 5.15 Å². The zero-order chi connectivity index (χ0) is 8.55. The molecule has 2 heterocycles. The largest absolute Gasteiger partial charge is 0.296 e. The number of pyridine rings is 1. The molecule has 0 radical (unpaired) electrons. The minimum Gasteiger partial charge on any atom is -0.296 e. The summed E-state index contributed by atoms with van der Waals surface area (Å²) >= 11 is 5.72. The Labute approximate surface area is 72.6 Å². The molecule has 0 unspecified atom stereocenters. The molecule has 60 valence electrons. The summed E-state index contributed by atoms with van der Waals surface area (Å²) in [6, 6.07) is 1.69. The lowest BCUT2D eigenvalue weighted by Crippen LogP contribution is -1.79. The number of halogens is 1. The van der Waals surface area contributed by atoms with Gasteiger partial charge in [-0.25, -0.2) is 4.98 Å². The van der Waals surface area contributed by atoms with Crippen molar-refractivity contribution in [2.75, 3.05) is 0 Å². The van der Waals surface area contributed by atoms with Crippen molar-refractivity contribution in [3.05, 3.63) is 23.1 Å². The third-order valence-corrected chi connectivity index (χ3v) is 1.85. The van der Waals surface area contributed by atoms with Crippen LogP contribution in [0.4, 0.5) is 0 Å². The predicted molar refractivity (Wildman–Crippen MR) is 44.3 cm³/mol. The molecule has 0 atom stereocenters. The Morgan fingerprint density at radius 3 is 3.17 bits per heavy atom. The average Bonchev–Trinajstić information content (AvgIpc) is 2.49. The highest BCUT2D eigenvalue weighted by atomic mass is 35.5. The second kappa shape index (κ2) is 2.57. The molecule has 0 fully saturated rings. The van der Waals surface area contributed by atoms with Gasteiger partial charge in [-0.05, 0) is 6.07 Å². The summed E-state index contributed by atoms with van der Waals surface area (Å²) in [6.45, 7) is 0. The lowest BCUT2D eigenvalue weighted by molar-refractivity contribution is 0.112. The van der Waals surface area contributed by atoms with Crippen molar-refractivity contribution in [3.8, 4) is 0 Å². The zero-order valence-corrected chi connectivity index (χ0v) is 6.67. The number of carbonyl (C=O) groups excluding carboxylic acids is 1. The van der Waals surface area contributed by atoms with Gasteiger partial charge in [-0.2, -0.15) is 5.10 Å². The van der Waals surface area contributed by atoms with Gasteiger partial charge < -0.3 is 0 Å². The Hall–Kier alpha value is -1.42. The van der Waals surface area contributed by atoms with Gasteiger partial charge in [0, 0.05) is 11.6 Å². The Kier molecular flexibility index (Phi) is 1.55. The van der Waals surface area contributed by atoms with E-state index >= 15 is 0 Å². The van der Waals surface area contributed by atoms with Crippen molar-refractivity contribution in [1.82, 2.24) is 15.2 Å². The summed E-state index contributed by atoms with van der Waals surface area (Å²) in [5.41, 5.74) is 0.954. The molecule has 2 rings (SSSR count). The van der Waals surface area contributed by atoms with Crippen molar-refractivity contribution >= 4 is 28.8 Å². The van der Waals surface area contributed by atoms with Crippen molar-refractivity contribution < 1.29 is 4.79 Å². The molecule has 0 saturated heterocycles. The van der Waals surface area contributed by atoms with Gasteiger partial charge >= 0.3 is 0 Å². The monoisotopic (exact) mass is 181 g/mol. The first-order valence-electron chi connectivity index (χ1n) is 3.26. The first-order valence-corrected chi connectivity index (χ1v) is 3.64. The Morgan fingerprint density at radius 2 is 2.42 bits per heavy atom. The van der Waals surface area contributed by atoms with Gasteiger partial charge in [-0.3, -0.25) is 9.89 Å². The number of nitrogens with one attached hydrogen (secondary N) is 1. The van der Waals surface area contributed by atoms with Crippen LogP contribution in [0.5, 0.6) is 0 Å². The van der Waals surface area contributed by atoms with E-state index in [0.29, 0.717) is 28.0 Å². The highest BCUT2D eigenvalue weighted by molar-refractivity contribution is 6.34. The van der Waals surface area contributed by atoms with E-state index in [1.54, 1.807) is 6.07 Å². The van der Waals surface area contributed by atoms with Gasteiger partial charge in [0.25, 0.3) is 0 Å². The molecule has 4 nitrogen and oxygen atoms in total. The standard InChI is InChI=1S/C7H4ClN3O/c8-7-6-4(1-2-9-7)5(3-12)10-11-6/h1-3H,(H,10,11). The predicted octanol–water partition coefficient (Wildman–Crippen LogP) is 1.42. The van der Waals surface area contributed by atoms with E-state index < -0.39 is 0 Å². The number of fused-ring (bicyclic) bond motifs is 1. The van der Waals surface area contributed by atoms with Crippen molar-refractivity contribution in [1.29, 1.82) is 0 Å². The molecule has 0 bridgehead atoms. The van der Waals surface area contributed by atoms with E-state index in [1.165, 1.54) is 6.20 Å². The Morgan fingerprint density at radius 1 is 1.58 bits per heavy atom. The first kappa shape index (κ1) is 7.24. The molecule has 1 N–H and O–H groups in total. The summed E-state index contributed by atoms with van der Waals surface area (Å²) in [5, 5.41) is 7.40. The van der Waals surface area contributed by atoms with Crippen LogP contribution in [0.15, 0.2) is 12.3 Å². The van der Waals surface area contributed by atoms with Gasteiger partial charge in [-0.15, -0.1) is 0 Å². The quantitative estimate of drug-likeness (QED) is 0.535. The Bertz CT molecular complexity index is 437. The number of aldehydes is 1. The Balaban J connectivity index is 2.88. The molecular formula is C7H4ClN3O.